The largest absolute Gasteiger partial charge is 0.305 e. The molecule has 1 aromatic heterocycles. The van der Waals surface area contributed by atoms with Gasteiger partial charge in [-0.05, 0) is 19.1 Å². The van der Waals surface area contributed by atoms with Gasteiger partial charge in [0.05, 0.1) is 6.54 Å². The second-order valence-electron chi connectivity index (χ2n) is 4.33. The van der Waals surface area contributed by atoms with Crippen molar-refractivity contribution in [3.8, 4) is 0 Å². The van der Waals surface area contributed by atoms with Crippen molar-refractivity contribution in [2.45, 2.75) is 6.92 Å². The molecular weight excluding hydrogens is 222 g/mol. The van der Waals surface area contributed by atoms with Gasteiger partial charge in [-0.15, -0.1) is 0 Å². The summed E-state index contributed by atoms with van der Waals surface area (Å²) in [5.41, 5.74) is 0.594. The first-order valence-electron chi connectivity index (χ1n) is 5.65. The van der Waals surface area contributed by atoms with E-state index in [1.165, 1.54) is 0 Å². The number of carbonyl (C=O) groups is 1. The van der Waals surface area contributed by atoms with E-state index >= 15 is 0 Å². The van der Waals surface area contributed by atoms with E-state index in [9.17, 15) is 4.79 Å². The van der Waals surface area contributed by atoms with E-state index in [1.807, 2.05) is 0 Å². The average Bonchev–Trinajstić information content (AvgIpc) is 2.68. The predicted octanol–water partition coefficient (Wildman–Crippen LogP) is -0.436. The van der Waals surface area contributed by atoms with Gasteiger partial charge in [0.25, 0.3) is 0 Å². The third-order valence-electron chi connectivity index (χ3n) is 2.87. The molecule has 0 aliphatic carbocycles. The number of carbonyl (C=O) groups excluding carboxylic acids is 1. The Labute approximate surface area is 99.7 Å². The highest BCUT2D eigenvalue weighted by Crippen LogP contribution is 2.07. The standard InChI is InChI=1S/C10H17N5O2/c1-8-10(13-17-12-8)11-9(16)7-15-5-3-14(2)4-6-15/h3-7H2,1-2H3,(H,11,13,16). The lowest BCUT2D eigenvalue weighted by molar-refractivity contribution is -0.117. The van der Waals surface area contributed by atoms with E-state index in [0.29, 0.717) is 18.1 Å². The molecule has 2 rings (SSSR count). The van der Waals surface area contributed by atoms with Crippen LogP contribution in [0.2, 0.25) is 0 Å². The number of anilines is 1. The van der Waals surface area contributed by atoms with Gasteiger partial charge >= 0.3 is 0 Å². The van der Waals surface area contributed by atoms with Crippen LogP contribution in [-0.4, -0.2) is 65.8 Å². The molecule has 1 saturated heterocycles. The normalized spacial score (nSPS) is 18.2. The van der Waals surface area contributed by atoms with Crippen molar-refractivity contribution in [2.75, 3.05) is 45.1 Å². The monoisotopic (exact) mass is 239 g/mol. The summed E-state index contributed by atoms with van der Waals surface area (Å²) in [7, 11) is 2.09. The quantitative estimate of drug-likeness (QED) is 0.771. The molecule has 1 amide bonds. The maximum Gasteiger partial charge on any atom is 0.239 e. The lowest BCUT2D eigenvalue weighted by atomic mass is 10.3. The van der Waals surface area contributed by atoms with E-state index in [-0.39, 0.29) is 5.91 Å². The van der Waals surface area contributed by atoms with Crippen LogP contribution in [-0.2, 0) is 4.79 Å². The van der Waals surface area contributed by atoms with Crippen molar-refractivity contribution >= 4 is 11.7 Å². The molecule has 7 heteroatoms. The predicted molar refractivity (Wildman–Crippen MR) is 61.6 cm³/mol. The van der Waals surface area contributed by atoms with E-state index in [2.05, 4.69) is 37.1 Å². The summed E-state index contributed by atoms with van der Waals surface area (Å²) in [6.07, 6.45) is 0. The number of nitrogens with zero attached hydrogens (tertiary/aromatic N) is 4. The number of piperazine rings is 1. The summed E-state index contributed by atoms with van der Waals surface area (Å²) >= 11 is 0. The van der Waals surface area contributed by atoms with E-state index in [1.54, 1.807) is 6.92 Å². The minimum Gasteiger partial charge on any atom is -0.305 e. The summed E-state index contributed by atoms with van der Waals surface area (Å²) in [4.78, 5) is 16.1. The Morgan fingerprint density at radius 2 is 2.06 bits per heavy atom. The number of hydrogen-bond acceptors (Lipinski definition) is 6. The lowest BCUT2D eigenvalue weighted by Crippen LogP contribution is -2.47. The highest BCUT2D eigenvalue weighted by atomic mass is 16.6. The van der Waals surface area contributed by atoms with Crippen LogP contribution in [0.25, 0.3) is 0 Å². The lowest BCUT2D eigenvalue weighted by Gasteiger charge is -2.31. The minimum absolute atomic E-state index is 0.0756. The molecule has 1 aromatic rings. The van der Waals surface area contributed by atoms with Crippen LogP contribution in [0, 0.1) is 6.92 Å². The fraction of sp³-hybridized carbons (Fsp3) is 0.700. The smallest absolute Gasteiger partial charge is 0.239 e. The van der Waals surface area contributed by atoms with Crippen LogP contribution in [0.15, 0.2) is 4.63 Å². The van der Waals surface area contributed by atoms with Gasteiger partial charge in [-0.2, -0.15) is 0 Å². The third-order valence-corrected chi connectivity index (χ3v) is 2.87. The maximum atomic E-state index is 11.7. The van der Waals surface area contributed by atoms with Crippen LogP contribution in [0.3, 0.4) is 0 Å². The highest BCUT2D eigenvalue weighted by molar-refractivity contribution is 5.91. The summed E-state index contributed by atoms with van der Waals surface area (Å²) in [5, 5.41) is 9.91. The molecule has 94 valence electrons. The van der Waals surface area contributed by atoms with Gasteiger partial charge in [0.2, 0.25) is 5.91 Å². The first kappa shape index (κ1) is 12.0. The number of aromatic nitrogens is 2. The molecule has 0 saturated carbocycles. The van der Waals surface area contributed by atoms with Crippen molar-refractivity contribution in [3.05, 3.63) is 5.69 Å². The molecule has 0 radical (unpaired) electrons. The van der Waals surface area contributed by atoms with Gasteiger partial charge < -0.3 is 10.2 Å². The van der Waals surface area contributed by atoms with Gasteiger partial charge in [0.15, 0.2) is 5.82 Å². The Bertz CT molecular complexity index is 384. The molecule has 0 spiro atoms. The van der Waals surface area contributed by atoms with Crippen LogP contribution >= 0.6 is 0 Å². The zero-order chi connectivity index (χ0) is 12.3. The Kier molecular flexibility index (Phi) is 3.70. The molecule has 1 aliphatic rings. The minimum atomic E-state index is -0.0756. The molecule has 1 N–H and O–H groups in total. The summed E-state index contributed by atoms with van der Waals surface area (Å²) in [6.45, 7) is 5.96. The average molecular weight is 239 g/mol. The molecule has 1 aliphatic heterocycles. The fourth-order valence-corrected chi connectivity index (χ4v) is 1.73. The molecular formula is C10H17N5O2. The first-order chi connectivity index (χ1) is 8.15. The van der Waals surface area contributed by atoms with E-state index < -0.39 is 0 Å². The fourth-order valence-electron chi connectivity index (χ4n) is 1.73. The zero-order valence-electron chi connectivity index (χ0n) is 10.1. The maximum absolute atomic E-state index is 11.7. The van der Waals surface area contributed by atoms with Crippen molar-refractivity contribution in [2.24, 2.45) is 0 Å². The first-order valence-corrected chi connectivity index (χ1v) is 5.65. The number of likely N-dealkylation sites (N-methyl/N-ethyl adjacent to an activating group) is 1. The third kappa shape index (κ3) is 3.24. The van der Waals surface area contributed by atoms with Crippen molar-refractivity contribution in [3.63, 3.8) is 0 Å². The van der Waals surface area contributed by atoms with Crippen LogP contribution in [0.4, 0.5) is 5.82 Å². The molecule has 17 heavy (non-hydrogen) atoms. The SMILES string of the molecule is Cc1nonc1NC(=O)CN1CCN(C)CC1. The molecule has 0 unspecified atom stereocenters. The van der Waals surface area contributed by atoms with Crippen LogP contribution in [0.1, 0.15) is 5.69 Å². The van der Waals surface area contributed by atoms with E-state index in [0.717, 1.165) is 26.2 Å². The number of rotatable bonds is 3. The molecule has 0 aromatic carbocycles. The second-order valence-corrected chi connectivity index (χ2v) is 4.33. The Morgan fingerprint density at radius 1 is 1.35 bits per heavy atom. The number of nitrogens with one attached hydrogen (secondary N) is 1. The molecule has 7 nitrogen and oxygen atoms in total. The molecule has 0 atom stereocenters. The molecule has 2 heterocycles. The number of amides is 1. The van der Waals surface area contributed by atoms with Gasteiger partial charge in [-0.1, -0.05) is 5.16 Å². The summed E-state index contributed by atoms with van der Waals surface area (Å²) < 4.78 is 4.52. The van der Waals surface area contributed by atoms with Crippen LogP contribution < -0.4 is 5.32 Å². The number of aryl methyl sites for hydroxylation is 1. The van der Waals surface area contributed by atoms with Crippen molar-refractivity contribution in [1.29, 1.82) is 0 Å². The second kappa shape index (κ2) is 5.24. The Hall–Kier alpha value is -1.47. The Balaban J connectivity index is 1.80. The number of hydrogen-bond donors (Lipinski definition) is 1. The van der Waals surface area contributed by atoms with Crippen LogP contribution in [0.5, 0.6) is 0 Å². The summed E-state index contributed by atoms with van der Waals surface area (Å²) in [5.74, 6) is 0.331. The van der Waals surface area contributed by atoms with Gasteiger partial charge in [0.1, 0.15) is 5.69 Å². The zero-order valence-corrected chi connectivity index (χ0v) is 10.1. The molecule has 0 bridgehead atoms. The van der Waals surface area contributed by atoms with Gasteiger partial charge in [-0.3, -0.25) is 9.69 Å². The Morgan fingerprint density at radius 3 is 2.65 bits per heavy atom. The van der Waals surface area contributed by atoms with Gasteiger partial charge in [0, 0.05) is 26.2 Å². The van der Waals surface area contributed by atoms with E-state index in [4.69, 9.17) is 0 Å². The highest BCUT2D eigenvalue weighted by Gasteiger charge is 2.17. The summed E-state index contributed by atoms with van der Waals surface area (Å²) in [6, 6.07) is 0. The van der Waals surface area contributed by atoms with Gasteiger partial charge in [-0.25, -0.2) is 4.63 Å². The topological polar surface area (TPSA) is 74.5 Å². The molecule has 1 fully saturated rings. The van der Waals surface area contributed by atoms with Crippen molar-refractivity contribution in [1.82, 2.24) is 20.1 Å². The van der Waals surface area contributed by atoms with Crippen molar-refractivity contribution < 1.29 is 9.42 Å².